The Morgan fingerprint density at radius 2 is 2.10 bits per heavy atom. The van der Waals surface area contributed by atoms with E-state index in [-0.39, 0.29) is 12.0 Å². The van der Waals surface area contributed by atoms with Crippen LogP contribution in [0.5, 0.6) is 0 Å². The van der Waals surface area contributed by atoms with Gasteiger partial charge in [0.1, 0.15) is 0 Å². The number of amides is 1. The number of benzene rings is 1. The lowest BCUT2D eigenvalue weighted by atomic mass is 10.1. The molecular weight excluding hydrogens is 260 g/mol. The van der Waals surface area contributed by atoms with Crippen LogP contribution in [-0.2, 0) is 14.3 Å². The van der Waals surface area contributed by atoms with Crippen molar-refractivity contribution < 1.29 is 19.4 Å². The smallest absolute Gasteiger partial charge is 0.330 e. The molecule has 1 heterocycles. The first-order valence-corrected chi connectivity index (χ1v) is 6.46. The van der Waals surface area contributed by atoms with Gasteiger partial charge in [0.2, 0.25) is 5.91 Å². The summed E-state index contributed by atoms with van der Waals surface area (Å²) in [4.78, 5) is 23.4. The number of carbonyl (C=O) groups is 2. The molecule has 0 radical (unpaired) electrons. The van der Waals surface area contributed by atoms with Gasteiger partial charge >= 0.3 is 5.97 Å². The molecule has 1 aromatic carbocycles. The van der Waals surface area contributed by atoms with Gasteiger partial charge in [-0.3, -0.25) is 4.79 Å². The van der Waals surface area contributed by atoms with E-state index in [0.29, 0.717) is 18.5 Å². The summed E-state index contributed by atoms with van der Waals surface area (Å²) in [5.41, 5.74) is 0.551. The molecule has 0 aromatic heterocycles. The number of ether oxygens (including phenoxy) is 1. The number of nitrogens with one attached hydrogen (secondary N) is 2. The van der Waals surface area contributed by atoms with Crippen LogP contribution in [-0.4, -0.2) is 42.8 Å². The maximum Gasteiger partial charge on any atom is 0.330 e. The Balaban J connectivity index is 2.02. The fraction of sp³-hybridized carbons (Fsp3) is 0.429. The number of carbonyl (C=O) groups excluding carboxylic acids is 1. The van der Waals surface area contributed by atoms with Crippen LogP contribution in [0.3, 0.4) is 0 Å². The number of aliphatic carboxylic acids is 1. The summed E-state index contributed by atoms with van der Waals surface area (Å²) in [6.07, 6.45) is 0.537. The molecule has 3 N–H and O–H groups in total. The molecule has 2 unspecified atom stereocenters. The molecule has 1 amide bonds. The Morgan fingerprint density at radius 3 is 2.65 bits per heavy atom. The molecule has 0 saturated carbocycles. The average molecular weight is 278 g/mol. The van der Waals surface area contributed by atoms with Crippen molar-refractivity contribution in [2.24, 2.45) is 0 Å². The van der Waals surface area contributed by atoms with Gasteiger partial charge in [-0.15, -0.1) is 0 Å². The monoisotopic (exact) mass is 278 g/mol. The molecule has 3 atom stereocenters. The van der Waals surface area contributed by atoms with Gasteiger partial charge in [0.15, 0.2) is 6.04 Å². The second kappa shape index (κ2) is 6.49. The SMILES string of the molecule is COC1CNC(C(=O)N[C@H](C(=O)O)c2ccccc2)C1. The van der Waals surface area contributed by atoms with Crippen molar-refractivity contribution in [1.29, 1.82) is 0 Å². The lowest BCUT2D eigenvalue weighted by Gasteiger charge is -2.17. The maximum absolute atomic E-state index is 12.1. The van der Waals surface area contributed by atoms with Gasteiger partial charge in [-0.05, 0) is 12.0 Å². The standard InChI is InChI=1S/C14H18N2O4/c1-20-10-7-11(15-8-10)13(17)16-12(14(18)19)9-5-3-2-4-6-9/h2-6,10-12,15H,7-8H2,1H3,(H,16,17)(H,18,19)/t10?,11?,12-/m0/s1. The minimum atomic E-state index is -1.08. The van der Waals surface area contributed by atoms with Crippen molar-refractivity contribution in [2.45, 2.75) is 24.6 Å². The molecule has 1 aliphatic rings. The zero-order chi connectivity index (χ0) is 14.5. The van der Waals surface area contributed by atoms with E-state index in [4.69, 9.17) is 4.74 Å². The molecule has 0 bridgehead atoms. The molecule has 6 heteroatoms. The highest BCUT2D eigenvalue weighted by Gasteiger charge is 2.32. The van der Waals surface area contributed by atoms with Crippen LogP contribution in [0.15, 0.2) is 30.3 Å². The number of carboxylic acid groups (broad SMARTS) is 1. The zero-order valence-electron chi connectivity index (χ0n) is 11.2. The summed E-state index contributed by atoms with van der Waals surface area (Å²) in [6.45, 7) is 0.595. The lowest BCUT2D eigenvalue weighted by molar-refractivity contribution is -0.142. The average Bonchev–Trinajstić information content (AvgIpc) is 2.94. The largest absolute Gasteiger partial charge is 0.479 e. The van der Waals surface area contributed by atoms with Crippen LogP contribution in [0.1, 0.15) is 18.0 Å². The minimum Gasteiger partial charge on any atom is -0.479 e. The molecule has 0 aliphatic carbocycles. The van der Waals surface area contributed by atoms with E-state index >= 15 is 0 Å². The molecule has 2 rings (SSSR count). The van der Waals surface area contributed by atoms with Crippen LogP contribution in [0, 0.1) is 0 Å². The van der Waals surface area contributed by atoms with Gasteiger partial charge in [0.25, 0.3) is 0 Å². The predicted octanol–water partition coefficient (Wildman–Crippen LogP) is 0.305. The number of hydrogen-bond acceptors (Lipinski definition) is 4. The Kier molecular flexibility index (Phi) is 4.70. The van der Waals surface area contributed by atoms with Crippen molar-refractivity contribution in [3.63, 3.8) is 0 Å². The summed E-state index contributed by atoms with van der Waals surface area (Å²) in [6, 6.07) is 7.19. The molecule has 1 fully saturated rings. The Hall–Kier alpha value is -1.92. The molecular formula is C14H18N2O4. The van der Waals surface area contributed by atoms with Gasteiger partial charge in [-0.1, -0.05) is 30.3 Å². The number of rotatable bonds is 5. The second-order valence-corrected chi connectivity index (χ2v) is 4.74. The summed E-state index contributed by atoms with van der Waals surface area (Å²) in [5, 5.41) is 14.8. The third-order valence-electron chi connectivity index (χ3n) is 3.41. The van der Waals surface area contributed by atoms with Crippen molar-refractivity contribution in [3.05, 3.63) is 35.9 Å². The number of hydrogen-bond donors (Lipinski definition) is 3. The Bertz CT molecular complexity index is 477. The van der Waals surface area contributed by atoms with Crippen LogP contribution in [0.4, 0.5) is 0 Å². The van der Waals surface area contributed by atoms with E-state index in [2.05, 4.69) is 10.6 Å². The van der Waals surface area contributed by atoms with Gasteiger partial charge in [-0.2, -0.15) is 0 Å². The molecule has 1 aliphatic heterocycles. The molecule has 1 saturated heterocycles. The van der Waals surface area contributed by atoms with Crippen molar-refractivity contribution in [3.8, 4) is 0 Å². The first kappa shape index (κ1) is 14.5. The maximum atomic E-state index is 12.1. The van der Waals surface area contributed by atoms with E-state index in [1.807, 2.05) is 0 Å². The van der Waals surface area contributed by atoms with Gasteiger partial charge in [0, 0.05) is 13.7 Å². The second-order valence-electron chi connectivity index (χ2n) is 4.74. The third-order valence-corrected chi connectivity index (χ3v) is 3.41. The fourth-order valence-corrected chi connectivity index (χ4v) is 2.26. The number of carboxylic acids is 1. The Morgan fingerprint density at radius 1 is 1.40 bits per heavy atom. The first-order valence-electron chi connectivity index (χ1n) is 6.46. The van der Waals surface area contributed by atoms with Crippen LogP contribution < -0.4 is 10.6 Å². The lowest BCUT2D eigenvalue weighted by Crippen LogP contribution is -2.44. The predicted molar refractivity (Wildman–Crippen MR) is 72.2 cm³/mol. The van der Waals surface area contributed by atoms with Gasteiger partial charge in [-0.25, -0.2) is 4.79 Å². The molecule has 1 aromatic rings. The highest BCUT2D eigenvalue weighted by Crippen LogP contribution is 2.15. The Labute approximate surface area is 117 Å². The molecule has 6 nitrogen and oxygen atoms in total. The van der Waals surface area contributed by atoms with Gasteiger partial charge in [0.05, 0.1) is 12.1 Å². The molecule has 108 valence electrons. The van der Waals surface area contributed by atoms with E-state index < -0.39 is 18.1 Å². The summed E-state index contributed by atoms with van der Waals surface area (Å²) in [5.74, 6) is -1.40. The highest BCUT2D eigenvalue weighted by atomic mass is 16.5. The quantitative estimate of drug-likeness (QED) is 0.721. The third kappa shape index (κ3) is 3.34. The van der Waals surface area contributed by atoms with E-state index in [9.17, 15) is 14.7 Å². The topological polar surface area (TPSA) is 87.7 Å². The molecule has 0 spiro atoms. The zero-order valence-corrected chi connectivity index (χ0v) is 11.2. The fourth-order valence-electron chi connectivity index (χ4n) is 2.26. The minimum absolute atomic E-state index is 0.00856. The van der Waals surface area contributed by atoms with Crippen LogP contribution in [0.25, 0.3) is 0 Å². The van der Waals surface area contributed by atoms with Gasteiger partial charge < -0.3 is 20.5 Å². The normalized spacial score (nSPS) is 23.2. The van der Waals surface area contributed by atoms with Crippen molar-refractivity contribution >= 4 is 11.9 Å². The van der Waals surface area contributed by atoms with Crippen molar-refractivity contribution in [1.82, 2.24) is 10.6 Å². The summed E-state index contributed by atoms with van der Waals surface area (Å²) in [7, 11) is 1.59. The first-order chi connectivity index (χ1) is 9.61. The van der Waals surface area contributed by atoms with E-state index in [0.717, 1.165) is 0 Å². The van der Waals surface area contributed by atoms with Crippen molar-refractivity contribution in [2.75, 3.05) is 13.7 Å². The van der Waals surface area contributed by atoms with E-state index in [1.165, 1.54) is 0 Å². The van der Waals surface area contributed by atoms with Crippen LogP contribution >= 0.6 is 0 Å². The summed E-state index contributed by atoms with van der Waals surface area (Å²) < 4.78 is 5.17. The number of methoxy groups -OCH3 is 1. The van der Waals surface area contributed by atoms with E-state index in [1.54, 1.807) is 37.4 Å². The highest BCUT2D eigenvalue weighted by molar-refractivity contribution is 5.87. The van der Waals surface area contributed by atoms with Crippen LogP contribution in [0.2, 0.25) is 0 Å². The summed E-state index contributed by atoms with van der Waals surface area (Å²) >= 11 is 0. The molecule has 20 heavy (non-hydrogen) atoms.